The van der Waals surface area contributed by atoms with Gasteiger partial charge in [0, 0.05) is 13.1 Å². The van der Waals surface area contributed by atoms with E-state index in [-0.39, 0.29) is 5.91 Å². The molecule has 23 heavy (non-hydrogen) atoms. The monoisotopic (exact) mass is 335 g/mol. The van der Waals surface area contributed by atoms with Gasteiger partial charge in [-0.1, -0.05) is 11.3 Å². The molecule has 0 aliphatic carbocycles. The van der Waals surface area contributed by atoms with Gasteiger partial charge in [-0.25, -0.2) is 4.98 Å². The Morgan fingerprint density at radius 3 is 2.65 bits per heavy atom. The van der Waals surface area contributed by atoms with Crippen LogP contribution in [0.15, 0.2) is 18.2 Å². The van der Waals surface area contributed by atoms with Crippen LogP contribution in [0.25, 0.3) is 0 Å². The average Bonchev–Trinajstić information content (AvgIpc) is 2.90. The van der Waals surface area contributed by atoms with Crippen molar-refractivity contribution in [1.29, 1.82) is 0 Å². The molecule has 0 bridgehead atoms. The standard InChI is InChI=1S/C16H21N3O3S/c1-5-21-11-7-8-13(22-6-2)12(9-11)19-16-18-10(3)14(23-16)15(20)17-4/h7-9H,5-6H2,1-4H3,(H,17,20)(H,18,19). The summed E-state index contributed by atoms with van der Waals surface area (Å²) in [6.45, 7) is 6.82. The van der Waals surface area contributed by atoms with Crippen molar-refractivity contribution in [3.8, 4) is 11.5 Å². The first-order chi connectivity index (χ1) is 11.1. The van der Waals surface area contributed by atoms with E-state index in [1.807, 2.05) is 39.0 Å². The van der Waals surface area contributed by atoms with Crippen LogP contribution in [0.5, 0.6) is 11.5 Å². The number of amides is 1. The summed E-state index contributed by atoms with van der Waals surface area (Å²) < 4.78 is 11.2. The van der Waals surface area contributed by atoms with Crippen molar-refractivity contribution in [2.24, 2.45) is 0 Å². The molecule has 1 amide bonds. The molecule has 0 aliphatic heterocycles. The Bertz CT molecular complexity index is 685. The normalized spacial score (nSPS) is 10.3. The minimum atomic E-state index is -0.138. The fraction of sp³-hybridized carbons (Fsp3) is 0.375. The Hall–Kier alpha value is -2.28. The Morgan fingerprint density at radius 2 is 2.00 bits per heavy atom. The minimum absolute atomic E-state index is 0.138. The number of rotatable bonds is 7. The van der Waals surface area contributed by atoms with Crippen molar-refractivity contribution in [2.45, 2.75) is 20.8 Å². The molecule has 2 aromatic rings. The number of aromatic nitrogens is 1. The van der Waals surface area contributed by atoms with Crippen LogP contribution >= 0.6 is 11.3 Å². The zero-order chi connectivity index (χ0) is 16.8. The summed E-state index contributed by atoms with van der Waals surface area (Å²) in [7, 11) is 1.60. The highest BCUT2D eigenvalue weighted by Crippen LogP contribution is 2.34. The van der Waals surface area contributed by atoms with Crippen LogP contribution < -0.4 is 20.1 Å². The first-order valence-corrected chi connectivity index (χ1v) is 8.26. The lowest BCUT2D eigenvalue weighted by molar-refractivity contribution is 0.0966. The third-order valence-electron chi connectivity index (χ3n) is 3.03. The Balaban J connectivity index is 2.30. The van der Waals surface area contributed by atoms with Gasteiger partial charge in [0.15, 0.2) is 5.13 Å². The van der Waals surface area contributed by atoms with Crippen LogP contribution in [0.1, 0.15) is 29.2 Å². The zero-order valence-electron chi connectivity index (χ0n) is 13.7. The third-order valence-corrected chi connectivity index (χ3v) is 4.10. The highest BCUT2D eigenvalue weighted by Gasteiger charge is 2.15. The molecule has 1 aromatic heterocycles. The molecule has 0 fully saturated rings. The van der Waals surface area contributed by atoms with Crippen molar-refractivity contribution in [3.05, 3.63) is 28.8 Å². The predicted octanol–water partition coefficient (Wildman–Crippen LogP) is 3.35. The second kappa shape index (κ2) is 7.82. The number of hydrogen-bond acceptors (Lipinski definition) is 6. The molecule has 7 heteroatoms. The van der Waals surface area contributed by atoms with Crippen LogP contribution in [0, 0.1) is 6.92 Å². The SMILES string of the molecule is CCOc1ccc(OCC)c(Nc2nc(C)c(C(=O)NC)s2)c1. The maximum absolute atomic E-state index is 11.8. The molecule has 0 atom stereocenters. The molecule has 1 heterocycles. The molecule has 1 aromatic carbocycles. The fourth-order valence-corrected chi connectivity index (χ4v) is 2.96. The Morgan fingerprint density at radius 1 is 1.26 bits per heavy atom. The number of ether oxygens (including phenoxy) is 2. The first kappa shape index (κ1) is 17.1. The Labute approximate surface area is 139 Å². The van der Waals surface area contributed by atoms with Crippen LogP contribution in [0.2, 0.25) is 0 Å². The van der Waals surface area contributed by atoms with E-state index in [4.69, 9.17) is 9.47 Å². The topological polar surface area (TPSA) is 72.5 Å². The van der Waals surface area contributed by atoms with E-state index in [9.17, 15) is 4.79 Å². The largest absolute Gasteiger partial charge is 0.494 e. The molecule has 0 saturated carbocycles. The quantitative estimate of drug-likeness (QED) is 0.812. The van der Waals surface area contributed by atoms with Crippen molar-refractivity contribution in [1.82, 2.24) is 10.3 Å². The maximum Gasteiger partial charge on any atom is 0.263 e. The molecule has 0 radical (unpaired) electrons. The Kier molecular flexibility index (Phi) is 5.81. The predicted molar refractivity (Wildman–Crippen MR) is 92.3 cm³/mol. The third kappa shape index (κ3) is 4.13. The lowest BCUT2D eigenvalue weighted by Crippen LogP contribution is -2.17. The van der Waals surface area contributed by atoms with E-state index in [1.165, 1.54) is 11.3 Å². The summed E-state index contributed by atoms with van der Waals surface area (Å²) in [6.07, 6.45) is 0. The number of anilines is 2. The number of aryl methyl sites for hydroxylation is 1. The number of nitrogens with zero attached hydrogens (tertiary/aromatic N) is 1. The maximum atomic E-state index is 11.8. The van der Waals surface area contributed by atoms with Crippen molar-refractivity contribution >= 4 is 28.1 Å². The van der Waals surface area contributed by atoms with Gasteiger partial charge in [0.25, 0.3) is 5.91 Å². The van der Waals surface area contributed by atoms with Gasteiger partial charge in [0.2, 0.25) is 0 Å². The molecular formula is C16H21N3O3S. The summed E-state index contributed by atoms with van der Waals surface area (Å²) in [5.41, 5.74) is 1.45. The van der Waals surface area contributed by atoms with Gasteiger partial charge in [-0.3, -0.25) is 4.79 Å². The molecular weight excluding hydrogens is 314 g/mol. The fourth-order valence-electron chi connectivity index (χ4n) is 2.03. The number of nitrogens with one attached hydrogen (secondary N) is 2. The van der Waals surface area contributed by atoms with Gasteiger partial charge in [-0.2, -0.15) is 0 Å². The second-order valence-corrected chi connectivity index (χ2v) is 5.66. The summed E-state index contributed by atoms with van der Waals surface area (Å²) in [5, 5.41) is 6.47. The van der Waals surface area contributed by atoms with Crippen molar-refractivity contribution in [3.63, 3.8) is 0 Å². The number of carbonyl (C=O) groups is 1. The van der Waals surface area contributed by atoms with Gasteiger partial charge in [0.05, 0.1) is 24.6 Å². The minimum Gasteiger partial charge on any atom is -0.494 e. The molecule has 0 aliphatic rings. The second-order valence-electron chi connectivity index (χ2n) is 4.66. The molecule has 6 nitrogen and oxygen atoms in total. The zero-order valence-corrected chi connectivity index (χ0v) is 14.5. The smallest absolute Gasteiger partial charge is 0.263 e. The summed E-state index contributed by atoms with van der Waals surface area (Å²) in [6, 6.07) is 5.59. The van der Waals surface area contributed by atoms with Crippen molar-refractivity contribution < 1.29 is 14.3 Å². The summed E-state index contributed by atoms with van der Waals surface area (Å²) in [5.74, 6) is 1.32. The van der Waals surface area contributed by atoms with E-state index in [0.717, 1.165) is 11.4 Å². The van der Waals surface area contributed by atoms with Crippen LogP contribution in [0.4, 0.5) is 10.8 Å². The highest BCUT2D eigenvalue weighted by molar-refractivity contribution is 7.17. The van der Waals surface area contributed by atoms with E-state index < -0.39 is 0 Å². The number of hydrogen-bond donors (Lipinski definition) is 2. The number of carbonyl (C=O) groups excluding carboxylic acids is 1. The molecule has 2 rings (SSSR count). The molecule has 0 unspecified atom stereocenters. The van der Waals surface area contributed by atoms with Gasteiger partial charge < -0.3 is 20.1 Å². The van der Waals surface area contributed by atoms with E-state index in [0.29, 0.717) is 34.7 Å². The van der Waals surface area contributed by atoms with Gasteiger partial charge in [-0.05, 0) is 32.9 Å². The molecule has 2 N–H and O–H groups in total. The van der Waals surface area contributed by atoms with Crippen LogP contribution in [-0.4, -0.2) is 31.2 Å². The van der Waals surface area contributed by atoms with E-state index in [2.05, 4.69) is 15.6 Å². The van der Waals surface area contributed by atoms with E-state index >= 15 is 0 Å². The van der Waals surface area contributed by atoms with Gasteiger partial charge >= 0.3 is 0 Å². The number of benzene rings is 1. The van der Waals surface area contributed by atoms with Crippen molar-refractivity contribution in [2.75, 3.05) is 25.6 Å². The van der Waals surface area contributed by atoms with Gasteiger partial charge in [0.1, 0.15) is 16.4 Å². The first-order valence-electron chi connectivity index (χ1n) is 7.45. The van der Waals surface area contributed by atoms with Gasteiger partial charge in [-0.15, -0.1) is 0 Å². The number of thiazole rings is 1. The van der Waals surface area contributed by atoms with E-state index in [1.54, 1.807) is 7.05 Å². The summed E-state index contributed by atoms with van der Waals surface area (Å²) in [4.78, 5) is 16.8. The molecule has 0 spiro atoms. The van der Waals surface area contributed by atoms with Crippen LogP contribution in [0.3, 0.4) is 0 Å². The highest BCUT2D eigenvalue weighted by atomic mass is 32.1. The molecule has 0 saturated heterocycles. The lowest BCUT2D eigenvalue weighted by atomic mass is 10.2. The molecule has 124 valence electrons. The van der Waals surface area contributed by atoms with Crippen LogP contribution in [-0.2, 0) is 0 Å². The summed E-state index contributed by atoms with van der Waals surface area (Å²) >= 11 is 1.30. The average molecular weight is 335 g/mol. The lowest BCUT2D eigenvalue weighted by Gasteiger charge is -2.12.